The van der Waals surface area contributed by atoms with Gasteiger partial charge in [0.05, 0.1) is 17.4 Å². The summed E-state index contributed by atoms with van der Waals surface area (Å²) in [6, 6.07) is 4.28. The van der Waals surface area contributed by atoms with Crippen LogP contribution in [0.3, 0.4) is 0 Å². The Morgan fingerprint density at radius 3 is 2.69 bits per heavy atom. The number of aromatic carboxylic acids is 1. The lowest BCUT2D eigenvalue weighted by atomic mass is 10.2. The Kier molecular flexibility index (Phi) is 3.88. The number of benzene rings is 1. The summed E-state index contributed by atoms with van der Waals surface area (Å²) in [7, 11) is 0. The Morgan fingerprint density at radius 1 is 1.50 bits per heavy atom. The smallest absolute Gasteiger partial charge is 0.335 e. The van der Waals surface area contributed by atoms with Gasteiger partial charge in [-0.3, -0.25) is 4.79 Å². The maximum Gasteiger partial charge on any atom is 0.335 e. The van der Waals surface area contributed by atoms with Crippen molar-refractivity contribution in [2.75, 3.05) is 5.32 Å². The van der Waals surface area contributed by atoms with Crippen molar-refractivity contribution in [3.8, 4) is 5.75 Å². The molecule has 0 aromatic heterocycles. The van der Waals surface area contributed by atoms with Crippen molar-refractivity contribution in [1.82, 2.24) is 0 Å². The van der Waals surface area contributed by atoms with E-state index in [2.05, 4.69) is 5.32 Å². The number of rotatable bonds is 5. The van der Waals surface area contributed by atoms with Gasteiger partial charge in [-0.05, 0) is 32.0 Å². The monoisotopic (exact) mass is 223 g/mol. The summed E-state index contributed by atoms with van der Waals surface area (Å²) >= 11 is 0. The molecule has 5 heteroatoms. The first-order chi connectivity index (χ1) is 7.54. The normalized spacial score (nSPS) is 9.94. The topological polar surface area (TPSA) is 75.6 Å². The van der Waals surface area contributed by atoms with E-state index < -0.39 is 5.97 Å². The molecule has 0 heterocycles. The average molecular weight is 223 g/mol. The maximum atomic E-state index is 10.8. The standard InChI is InChI=1S/C11H13NO4/c1-7(2)16-10-5-8(11(14)15)3-4-9(10)12-6-13/h3-7H,1-2H3,(H,12,13)(H,14,15). The van der Waals surface area contributed by atoms with Crippen LogP contribution in [0, 0.1) is 0 Å². The third-order valence-corrected chi connectivity index (χ3v) is 1.81. The van der Waals surface area contributed by atoms with Crippen LogP contribution in [0.2, 0.25) is 0 Å². The van der Waals surface area contributed by atoms with Crippen molar-refractivity contribution in [2.24, 2.45) is 0 Å². The van der Waals surface area contributed by atoms with Crippen molar-refractivity contribution < 1.29 is 19.4 Å². The Labute approximate surface area is 93.0 Å². The van der Waals surface area contributed by atoms with Crippen molar-refractivity contribution in [2.45, 2.75) is 20.0 Å². The zero-order chi connectivity index (χ0) is 12.1. The van der Waals surface area contributed by atoms with Gasteiger partial charge in [-0.2, -0.15) is 0 Å². The first-order valence-corrected chi connectivity index (χ1v) is 4.78. The summed E-state index contributed by atoms with van der Waals surface area (Å²) in [6.45, 7) is 3.64. The molecule has 0 spiro atoms. The molecule has 0 radical (unpaired) electrons. The molecule has 1 rings (SSSR count). The molecule has 86 valence electrons. The molecule has 1 aromatic carbocycles. The third-order valence-electron chi connectivity index (χ3n) is 1.81. The average Bonchev–Trinajstić information content (AvgIpc) is 2.19. The molecule has 2 N–H and O–H groups in total. The van der Waals surface area contributed by atoms with E-state index in [-0.39, 0.29) is 11.7 Å². The predicted octanol–water partition coefficient (Wildman–Crippen LogP) is 1.74. The van der Waals surface area contributed by atoms with Crippen molar-refractivity contribution in [3.63, 3.8) is 0 Å². The number of nitrogens with one attached hydrogen (secondary N) is 1. The number of carbonyl (C=O) groups is 2. The molecular weight excluding hydrogens is 210 g/mol. The Hall–Kier alpha value is -2.04. The maximum absolute atomic E-state index is 10.8. The molecule has 0 fully saturated rings. The SMILES string of the molecule is CC(C)Oc1cc(C(=O)O)ccc1NC=O. The second kappa shape index (κ2) is 5.16. The summed E-state index contributed by atoms with van der Waals surface area (Å²) in [5.74, 6) is -0.687. The van der Waals surface area contributed by atoms with Crippen LogP contribution in [0.5, 0.6) is 5.75 Å². The summed E-state index contributed by atoms with van der Waals surface area (Å²) in [5, 5.41) is 11.3. The Morgan fingerprint density at radius 2 is 2.19 bits per heavy atom. The highest BCUT2D eigenvalue weighted by molar-refractivity contribution is 5.90. The van der Waals surface area contributed by atoms with Gasteiger partial charge in [0.1, 0.15) is 5.75 Å². The van der Waals surface area contributed by atoms with Crippen LogP contribution >= 0.6 is 0 Å². The van der Waals surface area contributed by atoms with Crippen LogP contribution in [-0.4, -0.2) is 23.6 Å². The zero-order valence-electron chi connectivity index (χ0n) is 9.06. The highest BCUT2D eigenvalue weighted by Gasteiger charge is 2.10. The van der Waals surface area contributed by atoms with Gasteiger partial charge in [0.2, 0.25) is 6.41 Å². The lowest BCUT2D eigenvalue weighted by molar-refractivity contribution is -0.105. The molecular formula is C11H13NO4. The first kappa shape index (κ1) is 12.0. The number of carboxylic acid groups (broad SMARTS) is 1. The van der Waals surface area contributed by atoms with Crippen LogP contribution in [0.25, 0.3) is 0 Å². The zero-order valence-corrected chi connectivity index (χ0v) is 9.06. The minimum atomic E-state index is -1.04. The van der Waals surface area contributed by atoms with Gasteiger partial charge in [-0.15, -0.1) is 0 Å². The van der Waals surface area contributed by atoms with E-state index in [1.807, 2.05) is 13.8 Å². The molecule has 5 nitrogen and oxygen atoms in total. The number of hydrogen-bond donors (Lipinski definition) is 2. The Balaban J connectivity index is 3.09. The van der Waals surface area contributed by atoms with Gasteiger partial charge in [-0.1, -0.05) is 0 Å². The van der Waals surface area contributed by atoms with Gasteiger partial charge < -0.3 is 15.2 Å². The molecule has 0 bridgehead atoms. The first-order valence-electron chi connectivity index (χ1n) is 4.78. The molecule has 0 saturated heterocycles. The van der Waals surface area contributed by atoms with E-state index in [0.29, 0.717) is 17.8 Å². The van der Waals surface area contributed by atoms with Gasteiger partial charge in [0.25, 0.3) is 0 Å². The highest BCUT2D eigenvalue weighted by Crippen LogP contribution is 2.26. The fourth-order valence-corrected chi connectivity index (χ4v) is 1.19. The fraction of sp³-hybridized carbons (Fsp3) is 0.273. The molecule has 0 unspecified atom stereocenters. The van der Waals surface area contributed by atoms with E-state index in [1.54, 1.807) is 0 Å². The molecule has 0 aliphatic rings. The van der Waals surface area contributed by atoms with Crippen LogP contribution in [-0.2, 0) is 4.79 Å². The number of carbonyl (C=O) groups excluding carboxylic acids is 1. The van der Waals surface area contributed by atoms with Crippen LogP contribution in [0.4, 0.5) is 5.69 Å². The van der Waals surface area contributed by atoms with E-state index in [0.717, 1.165) is 0 Å². The van der Waals surface area contributed by atoms with Crippen molar-refractivity contribution in [3.05, 3.63) is 23.8 Å². The third kappa shape index (κ3) is 2.98. The lowest BCUT2D eigenvalue weighted by Crippen LogP contribution is -2.09. The largest absolute Gasteiger partial charge is 0.489 e. The number of anilines is 1. The van der Waals surface area contributed by atoms with Gasteiger partial charge >= 0.3 is 5.97 Å². The second-order valence-corrected chi connectivity index (χ2v) is 3.44. The summed E-state index contributed by atoms with van der Waals surface area (Å²) < 4.78 is 5.40. The van der Waals surface area contributed by atoms with Gasteiger partial charge in [0.15, 0.2) is 0 Å². The van der Waals surface area contributed by atoms with E-state index >= 15 is 0 Å². The summed E-state index contributed by atoms with van der Waals surface area (Å²) in [6.07, 6.45) is 0.416. The second-order valence-electron chi connectivity index (χ2n) is 3.44. The molecule has 0 aliphatic heterocycles. The molecule has 1 aromatic rings. The molecule has 1 amide bonds. The van der Waals surface area contributed by atoms with Crippen LogP contribution < -0.4 is 10.1 Å². The molecule has 16 heavy (non-hydrogen) atoms. The fourth-order valence-electron chi connectivity index (χ4n) is 1.19. The van der Waals surface area contributed by atoms with Crippen molar-refractivity contribution >= 4 is 18.1 Å². The molecule has 0 saturated carbocycles. The number of carboxylic acids is 1. The quantitative estimate of drug-likeness (QED) is 0.745. The lowest BCUT2D eigenvalue weighted by Gasteiger charge is -2.14. The number of amides is 1. The van der Waals surface area contributed by atoms with E-state index in [9.17, 15) is 9.59 Å². The summed E-state index contributed by atoms with van der Waals surface area (Å²) in [5.41, 5.74) is 0.570. The van der Waals surface area contributed by atoms with Gasteiger partial charge in [0, 0.05) is 0 Å². The minimum absolute atomic E-state index is 0.101. The predicted molar refractivity (Wildman–Crippen MR) is 58.9 cm³/mol. The molecule has 0 aliphatic carbocycles. The van der Waals surface area contributed by atoms with E-state index in [1.165, 1.54) is 18.2 Å². The summed E-state index contributed by atoms with van der Waals surface area (Å²) in [4.78, 5) is 21.1. The van der Waals surface area contributed by atoms with Crippen LogP contribution in [0.1, 0.15) is 24.2 Å². The minimum Gasteiger partial charge on any atom is -0.489 e. The highest BCUT2D eigenvalue weighted by atomic mass is 16.5. The van der Waals surface area contributed by atoms with Crippen LogP contribution in [0.15, 0.2) is 18.2 Å². The van der Waals surface area contributed by atoms with Gasteiger partial charge in [-0.25, -0.2) is 4.79 Å². The number of hydrogen-bond acceptors (Lipinski definition) is 3. The van der Waals surface area contributed by atoms with Crippen molar-refractivity contribution in [1.29, 1.82) is 0 Å². The molecule has 0 atom stereocenters. The Bertz CT molecular complexity index is 401. The number of ether oxygens (including phenoxy) is 1. The van der Waals surface area contributed by atoms with E-state index in [4.69, 9.17) is 9.84 Å².